The van der Waals surface area contributed by atoms with Crippen molar-refractivity contribution < 1.29 is 28.7 Å². The van der Waals surface area contributed by atoms with Crippen molar-refractivity contribution in [3.8, 4) is 5.75 Å². The zero-order valence-electron chi connectivity index (χ0n) is 21.7. The average molecular weight is 494 g/mol. The molecule has 0 amide bonds. The fraction of sp³-hybridized carbons (Fsp3) is 0.704. The molecule has 1 aromatic rings. The van der Waals surface area contributed by atoms with Crippen molar-refractivity contribution in [1.82, 2.24) is 0 Å². The van der Waals surface area contributed by atoms with Crippen LogP contribution in [0.25, 0.3) is 0 Å². The molecule has 0 aromatic heterocycles. The summed E-state index contributed by atoms with van der Waals surface area (Å²) >= 11 is 0. The lowest BCUT2D eigenvalue weighted by Crippen LogP contribution is -2.23. The van der Waals surface area contributed by atoms with Crippen molar-refractivity contribution in [2.75, 3.05) is 6.61 Å². The Hall–Kier alpha value is -2.64. The number of carbonyl (C=O) groups is 2. The van der Waals surface area contributed by atoms with E-state index < -0.39 is 11.1 Å². The number of nitro benzene ring substituents is 1. The first kappa shape index (κ1) is 30.4. The van der Waals surface area contributed by atoms with Gasteiger partial charge < -0.3 is 14.2 Å². The Morgan fingerprint density at radius 2 is 1.23 bits per heavy atom. The summed E-state index contributed by atoms with van der Waals surface area (Å²) < 4.78 is 15.3. The minimum Gasteiger partial charge on any atom is -0.460 e. The van der Waals surface area contributed by atoms with E-state index in [1.165, 1.54) is 75.6 Å². The van der Waals surface area contributed by atoms with E-state index in [9.17, 15) is 19.7 Å². The third kappa shape index (κ3) is 17.4. The second-order valence-corrected chi connectivity index (χ2v) is 9.88. The molecule has 0 aliphatic rings. The van der Waals surface area contributed by atoms with Crippen LogP contribution in [-0.4, -0.2) is 29.3 Å². The molecule has 8 nitrogen and oxygen atoms in total. The molecule has 1 rings (SSSR count). The lowest BCUT2D eigenvalue weighted by Gasteiger charge is -2.19. The minimum absolute atomic E-state index is 0.0607. The number of carbonyl (C=O) groups excluding carboxylic acids is 2. The van der Waals surface area contributed by atoms with Crippen LogP contribution in [0.2, 0.25) is 0 Å². The maximum absolute atomic E-state index is 11.6. The van der Waals surface area contributed by atoms with Gasteiger partial charge in [0.05, 0.1) is 11.5 Å². The van der Waals surface area contributed by atoms with Gasteiger partial charge in [-0.1, -0.05) is 70.6 Å². The molecule has 0 heterocycles. The largest absolute Gasteiger partial charge is 0.513 e. The summed E-state index contributed by atoms with van der Waals surface area (Å²) in [7, 11) is 0. The van der Waals surface area contributed by atoms with Crippen LogP contribution in [0.3, 0.4) is 0 Å². The summed E-state index contributed by atoms with van der Waals surface area (Å²) in [5, 5.41) is 10.6. The first-order valence-corrected chi connectivity index (χ1v) is 13.0. The zero-order valence-corrected chi connectivity index (χ0v) is 21.7. The van der Waals surface area contributed by atoms with Crippen LogP contribution >= 0.6 is 0 Å². The SMILES string of the molecule is CC(C)(C)OC(=O)CCCCCCCCCCCCCCCOC(=O)Oc1ccc([N+](=O)[O-])cc1. The third-order valence-electron chi connectivity index (χ3n) is 5.41. The maximum atomic E-state index is 11.6. The van der Waals surface area contributed by atoms with Crippen molar-refractivity contribution in [2.24, 2.45) is 0 Å². The molecule has 0 aliphatic heterocycles. The number of esters is 1. The number of non-ortho nitro benzene ring substituents is 1. The molecule has 35 heavy (non-hydrogen) atoms. The lowest BCUT2D eigenvalue weighted by molar-refractivity contribution is -0.384. The molecule has 1 aromatic carbocycles. The van der Waals surface area contributed by atoms with Crippen molar-refractivity contribution >= 4 is 17.8 Å². The molecule has 0 aliphatic carbocycles. The first-order chi connectivity index (χ1) is 16.7. The number of rotatable bonds is 18. The predicted molar refractivity (Wildman–Crippen MR) is 136 cm³/mol. The molecule has 0 radical (unpaired) electrons. The fourth-order valence-electron chi connectivity index (χ4n) is 3.63. The van der Waals surface area contributed by atoms with Gasteiger partial charge in [-0.05, 0) is 45.7 Å². The molecule has 8 heteroatoms. The summed E-state index contributed by atoms with van der Waals surface area (Å²) in [5.41, 5.74) is -0.448. The van der Waals surface area contributed by atoms with Gasteiger partial charge in [-0.2, -0.15) is 0 Å². The molecular formula is C27H43NO7. The molecule has 0 N–H and O–H groups in total. The molecule has 0 spiro atoms. The highest BCUT2D eigenvalue weighted by Crippen LogP contribution is 2.18. The topological polar surface area (TPSA) is 105 Å². The first-order valence-electron chi connectivity index (χ1n) is 13.0. The molecule has 0 atom stereocenters. The Kier molecular flexibility index (Phi) is 15.4. The lowest BCUT2D eigenvalue weighted by atomic mass is 10.0. The molecule has 0 saturated carbocycles. The summed E-state index contributed by atoms with van der Waals surface area (Å²) in [6, 6.07) is 5.29. The number of benzene rings is 1. The molecular weight excluding hydrogens is 450 g/mol. The van der Waals surface area contributed by atoms with Gasteiger partial charge in [-0.15, -0.1) is 0 Å². The van der Waals surface area contributed by atoms with Gasteiger partial charge in [0.1, 0.15) is 11.4 Å². The van der Waals surface area contributed by atoms with Gasteiger partial charge in [0.15, 0.2) is 0 Å². The van der Waals surface area contributed by atoms with Gasteiger partial charge in [-0.3, -0.25) is 14.9 Å². The Bertz CT molecular complexity index is 741. The van der Waals surface area contributed by atoms with Crippen LogP contribution in [0.15, 0.2) is 24.3 Å². The monoisotopic (exact) mass is 493 g/mol. The second-order valence-electron chi connectivity index (χ2n) is 9.88. The number of ether oxygens (including phenoxy) is 3. The van der Waals surface area contributed by atoms with Gasteiger partial charge in [0.25, 0.3) is 5.69 Å². The molecule has 0 fully saturated rings. The fourth-order valence-corrected chi connectivity index (χ4v) is 3.63. The van der Waals surface area contributed by atoms with Crippen LogP contribution in [0, 0.1) is 10.1 Å². The third-order valence-corrected chi connectivity index (χ3v) is 5.41. The highest BCUT2D eigenvalue weighted by Gasteiger charge is 2.15. The highest BCUT2D eigenvalue weighted by atomic mass is 16.7. The van der Waals surface area contributed by atoms with E-state index >= 15 is 0 Å². The molecule has 0 saturated heterocycles. The van der Waals surface area contributed by atoms with E-state index in [1.54, 1.807) is 0 Å². The van der Waals surface area contributed by atoms with Gasteiger partial charge in [-0.25, -0.2) is 4.79 Å². The normalized spacial score (nSPS) is 11.2. The Balaban J connectivity index is 1.84. The van der Waals surface area contributed by atoms with Gasteiger partial charge >= 0.3 is 12.1 Å². The van der Waals surface area contributed by atoms with Crippen LogP contribution in [0.1, 0.15) is 111 Å². The number of unbranched alkanes of at least 4 members (excludes halogenated alkanes) is 12. The standard InChI is InChI=1S/C27H43NO7/c1-27(2,3)35-25(29)17-15-13-11-9-7-5-4-6-8-10-12-14-16-22-33-26(30)34-24-20-18-23(19-21-24)28(31)32/h18-21H,4-17,22H2,1-3H3. The number of hydrogen-bond acceptors (Lipinski definition) is 7. The van der Waals surface area contributed by atoms with Gasteiger partial charge in [0, 0.05) is 18.6 Å². The number of nitrogens with zero attached hydrogens (tertiary/aromatic N) is 1. The smallest absolute Gasteiger partial charge is 0.460 e. The van der Waals surface area contributed by atoms with Crippen molar-refractivity contribution in [3.05, 3.63) is 34.4 Å². The van der Waals surface area contributed by atoms with E-state index in [2.05, 4.69) is 0 Å². The second kappa shape index (κ2) is 17.7. The van der Waals surface area contributed by atoms with E-state index in [1.807, 2.05) is 20.8 Å². The Morgan fingerprint density at radius 1 is 0.771 bits per heavy atom. The quantitative estimate of drug-likeness (QED) is 0.0672. The summed E-state index contributed by atoms with van der Waals surface area (Å²) in [4.78, 5) is 33.4. The van der Waals surface area contributed by atoms with E-state index in [-0.39, 0.29) is 23.0 Å². The van der Waals surface area contributed by atoms with Gasteiger partial charge in [0.2, 0.25) is 0 Å². The minimum atomic E-state index is -0.790. The van der Waals surface area contributed by atoms with Crippen LogP contribution in [0.5, 0.6) is 5.75 Å². The predicted octanol–water partition coefficient (Wildman–Crippen LogP) is 7.91. The molecule has 198 valence electrons. The number of nitro groups is 1. The Morgan fingerprint density at radius 3 is 1.69 bits per heavy atom. The van der Waals surface area contributed by atoms with E-state index in [0.29, 0.717) is 13.0 Å². The van der Waals surface area contributed by atoms with Crippen LogP contribution in [-0.2, 0) is 14.3 Å². The Labute approximate surface area is 209 Å². The van der Waals surface area contributed by atoms with Crippen molar-refractivity contribution in [3.63, 3.8) is 0 Å². The summed E-state index contributed by atoms with van der Waals surface area (Å²) in [6.45, 7) is 6.01. The van der Waals surface area contributed by atoms with Crippen molar-refractivity contribution in [1.29, 1.82) is 0 Å². The average Bonchev–Trinajstić information content (AvgIpc) is 2.78. The molecule has 0 unspecified atom stereocenters. The van der Waals surface area contributed by atoms with Crippen molar-refractivity contribution in [2.45, 2.75) is 116 Å². The highest BCUT2D eigenvalue weighted by molar-refractivity contribution is 5.69. The van der Waals surface area contributed by atoms with E-state index in [0.717, 1.165) is 32.1 Å². The van der Waals surface area contributed by atoms with E-state index in [4.69, 9.17) is 14.2 Å². The summed E-state index contributed by atoms with van der Waals surface area (Å²) in [6.07, 6.45) is 14.6. The van der Waals surface area contributed by atoms with Crippen LogP contribution < -0.4 is 4.74 Å². The summed E-state index contributed by atoms with van der Waals surface area (Å²) in [5.74, 6) is 0.131. The zero-order chi connectivity index (χ0) is 25.9. The molecule has 0 bridgehead atoms. The van der Waals surface area contributed by atoms with Crippen LogP contribution in [0.4, 0.5) is 10.5 Å². The maximum Gasteiger partial charge on any atom is 0.513 e. The number of hydrogen-bond donors (Lipinski definition) is 0.